The number of ether oxygens (including phenoxy) is 1. The summed E-state index contributed by atoms with van der Waals surface area (Å²) in [6.45, 7) is 11.0. The Hall–Kier alpha value is -2.75. The van der Waals surface area contributed by atoms with E-state index in [0.717, 1.165) is 29.5 Å². The number of hydrogen-bond acceptors (Lipinski definition) is 5. The van der Waals surface area contributed by atoms with Crippen molar-refractivity contribution in [1.82, 2.24) is 4.90 Å². The van der Waals surface area contributed by atoms with Crippen molar-refractivity contribution < 1.29 is 35.3 Å². The highest BCUT2D eigenvalue weighted by atomic mass is 32.2. The van der Waals surface area contributed by atoms with Gasteiger partial charge < -0.3 is 13.8 Å². The van der Waals surface area contributed by atoms with Crippen molar-refractivity contribution in [2.45, 2.75) is 89.7 Å². The maximum absolute atomic E-state index is 13.0. The van der Waals surface area contributed by atoms with Crippen LogP contribution in [-0.2, 0) is 27.7 Å². The zero-order chi connectivity index (χ0) is 28.8. The maximum Gasteiger partial charge on any atom is 0.534 e. The molecule has 2 aromatic rings. The second-order valence-corrected chi connectivity index (χ2v) is 13.1. The molecule has 1 atom stereocenters. The SMILES string of the molecule is Cc1c(CC2CCc3cccc(OS(=O)(=O)C(F)(F)F)c32)ccc(C2CCN(C(=O)OC(C)(C)C)CC2)c1C. The molecule has 1 unspecified atom stereocenters. The molecule has 4 rings (SSSR count). The number of amides is 1. The molecule has 2 aromatic carbocycles. The van der Waals surface area contributed by atoms with Gasteiger partial charge in [-0.3, -0.25) is 0 Å². The molecule has 1 aliphatic heterocycles. The lowest BCUT2D eigenvalue weighted by molar-refractivity contribution is -0.0500. The summed E-state index contributed by atoms with van der Waals surface area (Å²) in [5.74, 6) is -0.0769. The molecule has 1 amide bonds. The average molecular weight is 568 g/mol. The predicted molar refractivity (Wildman–Crippen MR) is 143 cm³/mol. The first kappa shape index (κ1) is 29.2. The Morgan fingerprint density at radius 3 is 2.28 bits per heavy atom. The van der Waals surface area contributed by atoms with E-state index in [0.29, 0.717) is 43.8 Å². The van der Waals surface area contributed by atoms with Crippen molar-refractivity contribution in [2.75, 3.05) is 13.1 Å². The number of alkyl halides is 3. The smallest absolute Gasteiger partial charge is 0.444 e. The Labute approximate surface area is 228 Å². The summed E-state index contributed by atoms with van der Waals surface area (Å²) < 4.78 is 72.5. The van der Waals surface area contributed by atoms with E-state index in [2.05, 4.69) is 30.2 Å². The van der Waals surface area contributed by atoms with Crippen molar-refractivity contribution >= 4 is 16.2 Å². The highest BCUT2D eigenvalue weighted by Crippen LogP contribution is 2.44. The number of carbonyl (C=O) groups excluding carboxylic acids is 1. The van der Waals surface area contributed by atoms with Gasteiger partial charge in [0.2, 0.25) is 0 Å². The first-order valence-corrected chi connectivity index (χ1v) is 14.7. The van der Waals surface area contributed by atoms with E-state index >= 15 is 0 Å². The fourth-order valence-corrected chi connectivity index (χ4v) is 6.19. The molecule has 1 heterocycles. The van der Waals surface area contributed by atoms with Crippen molar-refractivity contribution in [1.29, 1.82) is 0 Å². The number of hydrogen-bond donors (Lipinski definition) is 0. The van der Waals surface area contributed by atoms with Crippen LogP contribution in [0.4, 0.5) is 18.0 Å². The maximum atomic E-state index is 13.0. The quantitative estimate of drug-likeness (QED) is 0.290. The average Bonchev–Trinajstić information content (AvgIpc) is 3.24. The topological polar surface area (TPSA) is 72.9 Å². The molecule has 0 aromatic heterocycles. The fraction of sp³-hybridized carbons (Fsp3) is 0.552. The van der Waals surface area contributed by atoms with E-state index in [9.17, 15) is 26.4 Å². The zero-order valence-electron chi connectivity index (χ0n) is 23.0. The van der Waals surface area contributed by atoms with Crippen LogP contribution in [0.1, 0.15) is 85.3 Å². The standard InChI is InChI=1S/C29H36F3NO5S/c1-18-19(2)24(20-13-15-33(16-14-20)27(34)37-28(3,4)5)12-11-22(18)17-23-10-9-21-7-6-8-25(26(21)23)38-39(35,36)29(30,31)32/h6-8,11-12,20,23H,9-10,13-17H2,1-5H3. The normalized spacial score (nSPS) is 18.7. The third-order valence-corrected chi connectivity index (χ3v) is 8.77. The van der Waals surface area contributed by atoms with Crippen LogP contribution in [0.3, 0.4) is 0 Å². The number of likely N-dealkylation sites (tertiary alicyclic amines) is 1. The van der Waals surface area contributed by atoms with E-state index in [1.54, 1.807) is 4.90 Å². The molecule has 0 spiro atoms. The third kappa shape index (κ3) is 6.36. The summed E-state index contributed by atoms with van der Waals surface area (Å²) in [4.78, 5) is 14.2. The number of halogens is 3. The van der Waals surface area contributed by atoms with Crippen LogP contribution >= 0.6 is 0 Å². The van der Waals surface area contributed by atoms with Crippen molar-refractivity contribution in [3.05, 3.63) is 63.7 Å². The first-order valence-electron chi connectivity index (χ1n) is 13.3. The molecule has 0 bridgehead atoms. The Kier molecular flexibility index (Phi) is 8.00. The number of fused-ring (bicyclic) bond motifs is 1. The summed E-state index contributed by atoms with van der Waals surface area (Å²) in [6.07, 6.45) is 3.31. The molecule has 0 saturated carbocycles. The molecule has 1 fully saturated rings. The molecule has 0 N–H and O–H groups in total. The fourth-order valence-electron chi connectivity index (χ4n) is 5.71. The lowest BCUT2D eigenvalue weighted by atomic mass is 9.82. The zero-order valence-corrected chi connectivity index (χ0v) is 23.8. The molecule has 1 saturated heterocycles. The molecular weight excluding hydrogens is 531 g/mol. The van der Waals surface area contributed by atoms with Crippen LogP contribution in [0.2, 0.25) is 0 Å². The molecule has 0 radical (unpaired) electrons. The van der Waals surface area contributed by atoms with Gasteiger partial charge in [-0.25, -0.2) is 4.79 Å². The van der Waals surface area contributed by atoms with E-state index in [-0.39, 0.29) is 17.8 Å². The lowest BCUT2D eigenvalue weighted by Gasteiger charge is -2.34. The molecule has 1 aliphatic carbocycles. The van der Waals surface area contributed by atoms with Crippen LogP contribution in [-0.4, -0.2) is 43.6 Å². The summed E-state index contributed by atoms with van der Waals surface area (Å²) in [5.41, 5.74) is -0.0466. The van der Waals surface area contributed by atoms with Crippen molar-refractivity contribution in [3.63, 3.8) is 0 Å². The van der Waals surface area contributed by atoms with Gasteiger partial charge in [0.1, 0.15) is 11.4 Å². The largest absolute Gasteiger partial charge is 0.534 e. The van der Waals surface area contributed by atoms with E-state index in [1.807, 2.05) is 26.8 Å². The van der Waals surface area contributed by atoms with Gasteiger partial charge in [-0.1, -0.05) is 24.3 Å². The molecule has 214 valence electrons. The minimum Gasteiger partial charge on any atom is -0.444 e. The Morgan fingerprint density at radius 1 is 1.00 bits per heavy atom. The number of nitrogens with zero attached hydrogens (tertiary/aromatic N) is 1. The Bertz CT molecular complexity index is 1340. The molecule has 2 aliphatic rings. The van der Waals surface area contributed by atoms with Gasteiger partial charge in [-0.15, -0.1) is 0 Å². The highest BCUT2D eigenvalue weighted by Gasteiger charge is 2.49. The van der Waals surface area contributed by atoms with Gasteiger partial charge in [0.05, 0.1) is 0 Å². The van der Waals surface area contributed by atoms with Crippen LogP contribution in [0.5, 0.6) is 5.75 Å². The second-order valence-electron chi connectivity index (χ2n) is 11.6. The minimum atomic E-state index is -5.75. The monoisotopic (exact) mass is 567 g/mol. The van der Waals surface area contributed by atoms with Gasteiger partial charge in [0.15, 0.2) is 0 Å². The first-order chi connectivity index (χ1) is 18.1. The van der Waals surface area contributed by atoms with E-state index < -0.39 is 21.2 Å². The summed E-state index contributed by atoms with van der Waals surface area (Å²) in [6, 6.07) is 8.84. The molecule has 39 heavy (non-hydrogen) atoms. The third-order valence-electron chi connectivity index (χ3n) is 7.80. The van der Waals surface area contributed by atoms with E-state index in [4.69, 9.17) is 4.74 Å². The van der Waals surface area contributed by atoms with Crippen LogP contribution in [0.15, 0.2) is 30.3 Å². The van der Waals surface area contributed by atoms with Crippen LogP contribution in [0.25, 0.3) is 0 Å². The summed E-state index contributed by atoms with van der Waals surface area (Å²) in [7, 11) is -5.75. The highest BCUT2D eigenvalue weighted by molar-refractivity contribution is 7.88. The van der Waals surface area contributed by atoms with Gasteiger partial charge >= 0.3 is 21.7 Å². The van der Waals surface area contributed by atoms with Crippen LogP contribution in [0, 0.1) is 13.8 Å². The second kappa shape index (κ2) is 10.7. The predicted octanol–water partition coefficient (Wildman–Crippen LogP) is 6.92. The number of carbonyl (C=O) groups is 1. The number of benzene rings is 2. The van der Waals surface area contributed by atoms with Crippen molar-refractivity contribution in [2.24, 2.45) is 0 Å². The van der Waals surface area contributed by atoms with E-state index in [1.165, 1.54) is 23.3 Å². The van der Waals surface area contributed by atoms with Crippen LogP contribution < -0.4 is 4.18 Å². The summed E-state index contributed by atoms with van der Waals surface area (Å²) >= 11 is 0. The Balaban J connectivity index is 1.49. The van der Waals surface area contributed by atoms with Gasteiger partial charge in [-0.2, -0.15) is 21.6 Å². The molecule has 10 heteroatoms. The summed E-state index contributed by atoms with van der Waals surface area (Å²) in [5, 5.41) is 0. The number of aryl methyl sites for hydroxylation is 1. The molecular formula is C29H36F3NO5S. The van der Waals surface area contributed by atoms with Crippen molar-refractivity contribution in [3.8, 4) is 5.75 Å². The number of rotatable bonds is 5. The van der Waals surface area contributed by atoms with Gasteiger partial charge in [0.25, 0.3) is 0 Å². The van der Waals surface area contributed by atoms with Gasteiger partial charge in [-0.05, 0) is 112 Å². The number of piperidine rings is 1. The van der Waals surface area contributed by atoms with Gasteiger partial charge in [0, 0.05) is 18.7 Å². The minimum absolute atomic E-state index is 0.152. The lowest BCUT2D eigenvalue weighted by Crippen LogP contribution is -2.41. The Morgan fingerprint density at radius 2 is 1.67 bits per heavy atom. The molecule has 6 nitrogen and oxygen atoms in total.